The highest BCUT2D eigenvalue weighted by Crippen LogP contribution is 2.31. The van der Waals surface area contributed by atoms with Gasteiger partial charge in [-0.2, -0.15) is 0 Å². The Morgan fingerprint density at radius 3 is 2.88 bits per heavy atom. The molecule has 0 spiro atoms. The Morgan fingerprint density at radius 1 is 1.35 bits per heavy atom. The van der Waals surface area contributed by atoms with Crippen molar-refractivity contribution in [2.45, 2.75) is 45.1 Å². The quantitative estimate of drug-likeness (QED) is 0.759. The zero-order valence-corrected chi connectivity index (χ0v) is 11.3. The molecule has 2 nitrogen and oxygen atoms in total. The first-order chi connectivity index (χ1) is 8.19. The van der Waals surface area contributed by atoms with Crippen molar-refractivity contribution in [1.29, 1.82) is 0 Å². The summed E-state index contributed by atoms with van der Waals surface area (Å²) in [5, 5.41) is 0. The van der Waals surface area contributed by atoms with Crippen LogP contribution in [0.2, 0.25) is 0 Å². The zero-order chi connectivity index (χ0) is 12.3. The van der Waals surface area contributed by atoms with Crippen LogP contribution in [-0.4, -0.2) is 11.1 Å². The lowest BCUT2D eigenvalue weighted by molar-refractivity contribution is 0.0964. The standard InChI is InChI=1S/C14H20ClNO/c1-10-3-4-13(7-11(10)2)17-14-8-12(9-15)5-6-16-14/h5-6,8,10-11,13H,3-4,7,9H2,1-2H3. The molecule has 3 unspecified atom stereocenters. The number of hydrogen-bond donors (Lipinski definition) is 0. The molecule has 0 aromatic carbocycles. The van der Waals surface area contributed by atoms with Crippen LogP contribution in [0.4, 0.5) is 0 Å². The summed E-state index contributed by atoms with van der Waals surface area (Å²) < 4.78 is 5.95. The lowest BCUT2D eigenvalue weighted by Gasteiger charge is -2.31. The minimum atomic E-state index is 0.319. The van der Waals surface area contributed by atoms with E-state index in [4.69, 9.17) is 16.3 Å². The molecule has 3 heteroatoms. The van der Waals surface area contributed by atoms with Crippen LogP contribution < -0.4 is 4.74 Å². The maximum atomic E-state index is 5.95. The van der Waals surface area contributed by atoms with E-state index in [0.29, 0.717) is 12.0 Å². The third-order valence-corrected chi connectivity index (χ3v) is 4.10. The number of alkyl halides is 1. The molecule has 0 amide bonds. The van der Waals surface area contributed by atoms with Crippen LogP contribution >= 0.6 is 11.6 Å². The summed E-state index contributed by atoms with van der Waals surface area (Å²) in [4.78, 5) is 4.24. The second-order valence-electron chi connectivity index (χ2n) is 5.14. The summed E-state index contributed by atoms with van der Waals surface area (Å²) in [6.45, 7) is 4.63. The molecular weight excluding hydrogens is 234 g/mol. The molecule has 1 aromatic rings. The van der Waals surface area contributed by atoms with Gasteiger partial charge in [0, 0.05) is 18.1 Å². The Bertz CT molecular complexity index is 369. The Morgan fingerprint density at radius 2 is 2.18 bits per heavy atom. The van der Waals surface area contributed by atoms with Crippen molar-refractivity contribution in [3.8, 4) is 5.88 Å². The molecular formula is C14H20ClNO. The summed E-state index contributed by atoms with van der Waals surface area (Å²) in [7, 11) is 0. The fourth-order valence-corrected chi connectivity index (χ4v) is 2.54. The molecule has 1 saturated carbocycles. The van der Waals surface area contributed by atoms with Gasteiger partial charge in [-0.1, -0.05) is 13.8 Å². The maximum Gasteiger partial charge on any atom is 0.213 e. The Kier molecular flexibility index (Phi) is 4.27. The number of ether oxygens (including phenoxy) is 1. The normalized spacial score (nSPS) is 29.0. The van der Waals surface area contributed by atoms with E-state index in [1.807, 2.05) is 12.1 Å². The summed E-state index contributed by atoms with van der Waals surface area (Å²) in [5.41, 5.74) is 1.06. The van der Waals surface area contributed by atoms with Crippen molar-refractivity contribution >= 4 is 11.6 Å². The SMILES string of the molecule is CC1CCC(Oc2cc(CCl)ccn2)CC1C. The number of nitrogens with zero attached hydrogens (tertiary/aromatic N) is 1. The van der Waals surface area contributed by atoms with E-state index < -0.39 is 0 Å². The van der Waals surface area contributed by atoms with E-state index in [1.54, 1.807) is 6.20 Å². The van der Waals surface area contributed by atoms with Crippen LogP contribution in [0.15, 0.2) is 18.3 Å². The van der Waals surface area contributed by atoms with Crippen LogP contribution in [0.5, 0.6) is 5.88 Å². The van der Waals surface area contributed by atoms with Crippen LogP contribution in [0.1, 0.15) is 38.7 Å². The number of halogens is 1. The summed E-state index contributed by atoms with van der Waals surface area (Å²) in [6.07, 6.45) is 5.61. The fourth-order valence-electron chi connectivity index (χ4n) is 2.37. The van der Waals surface area contributed by atoms with Gasteiger partial charge >= 0.3 is 0 Å². The third kappa shape index (κ3) is 3.35. The fraction of sp³-hybridized carbons (Fsp3) is 0.643. The molecule has 0 bridgehead atoms. The second kappa shape index (κ2) is 5.72. The Labute approximate surface area is 108 Å². The first-order valence-corrected chi connectivity index (χ1v) is 6.90. The molecule has 3 atom stereocenters. The van der Waals surface area contributed by atoms with Gasteiger partial charge in [0.25, 0.3) is 0 Å². The average Bonchev–Trinajstić information content (AvgIpc) is 2.34. The van der Waals surface area contributed by atoms with Gasteiger partial charge in [0.1, 0.15) is 6.10 Å². The smallest absolute Gasteiger partial charge is 0.213 e. The topological polar surface area (TPSA) is 22.1 Å². The van der Waals surface area contributed by atoms with Crippen LogP contribution in [0.25, 0.3) is 0 Å². The van der Waals surface area contributed by atoms with E-state index in [0.717, 1.165) is 36.1 Å². The monoisotopic (exact) mass is 253 g/mol. The van der Waals surface area contributed by atoms with Gasteiger partial charge in [-0.15, -0.1) is 11.6 Å². The molecule has 0 N–H and O–H groups in total. The van der Waals surface area contributed by atoms with Crippen LogP contribution in [-0.2, 0) is 5.88 Å². The number of hydrogen-bond acceptors (Lipinski definition) is 2. The van der Waals surface area contributed by atoms with Crippen LogP contribution in [0.3, 0.4) is 0 Å². The van der Waals surface area contributed by atoms with Gasteiger partial charge in [0.05, 0.1) is 0 Å². The molecule has 94 valence electrons. The van der Waals surface area contributed by atoms with Crippen molar-refractivity contribution in [1.82, 2.24) is 4.98 Å². The molecule has 2 rings (SSSR count). The van der Waals surface area contributed by atoms with Gasteiger partial charge in [-0.3, -0.25) is 0 Å². The molecule has 1 aliphatic rings. The van der Waals surface area contributed by atoms with Gasteiger partial charge in [-0.25, -0.2) is 4.98 Å². The molecule has 1 aromatic heterocycles. The van der Waals surface area contributed by atoms with Crippen molar-refractivity contribution in [3.05, 3.63) is 23.9 Å². The van der Waals surface area contributed by atoms with Gasteiger partial charge in [0.2, 0.25) is 5.88 Å². The zero-order valence-electron chi connectivity index (χ0n) is 10.5. The number of pyridine rings is 1. The summed E-state index contributed by atoms with van der Waals surface area (Å²) in [5.74, 6) is 2.79. The molecule has 1 aliphatic carbocycles. The number of rotatable bonds is 3. The van der Waals surface area contributed by atoms with E-state index in [9.17, 15) is 0 Å². The predicted molar refractivity (Wildman–Crippen MR) is 70.4 cm³/mol. The van der Waals surface area contributed by atoms with Crippen LogP contribution in [0, 0.1) is 11.8 Å². The average molecular weight is 254 g/mol. The van der Waals surface area contributed by atoms with E-state index >= 15 is 0 Å². The highest BCUT2D eigenvalue weighted by Gasteiger charge is 2.25. The van der Waals surface area contributed by atoms with Gasteiger partial charge < -0.3 is 4.74 Å². The Balaban J connectivity index is 1.96. The lowest BCUT2D eigenvalue weighted by atomic mass is 9.80. The Hall–Kier alpha value is -0.760. The maximum absolute atomic E-state index is 5.95. The molecule has 0 saturated heterocycles. The van der Waals surface area contributed by atoms with E-state index in [1.165, 1.54) is 6.42 Å². The van der Waals surface area contributed by atoms with Crippen molar-refractivity contribution in [3.63, 3.8) is 0 Å². The highest BCUT2D eigenvalue weighted by molar-refractivity contribution is 6.17. The minimum Gasteiger partial charge on any atom is -0.474 e. The number of aromatic nitrogens is 1. The molecule has 17 heavy (non-hydrogen) atoms. The molecule has 0 aliphatic heterocycles. The van der Waals surface area contributed by atoms with Gasteiger partial charge in [-0.05, 0) is 42.7 Å². The molecule has 0 radical (unpaired) electrons. The van der Waals surface area contributed by atoms with E-state index in [-0.39, 0.29) is 0 Å². The third-order valence-electron chi connectivity index (χ3n) is 3.79. The van der Waals surface area contributed by atoms with Crippen molar-refractivity contribution in [2.75, 3.05) is 0 Å². The largest absolute Gasteiger partial charge is 0.474 e. The predicted octanol–water partition coefficient (Wildman–Crippen LogP) is 4.02. The first-order valence-electron chi connectivity index (χ1n) is 6.36. The van der Waals surface area contributed by atoms with Gasteiger partial charge in [0.15, 0.2) is 0 Å². The summed E-state index contributed by atoms with van der Waals surface area (Å²) >= 11 is 5.80. The summed E-state index contributed by atoms with van der Waals surface area (Å²) in [6, 6.07) is 3.86. The second-order valence-corrected chi connectivity index (χ2v) is 5.41. The molecule has 1 heterocycles. The molecule has 1 fully saturated rings. The van der Waals surface area contributed by atoms with E-state index in [2.05, 4.69) is 18.8 Å². The lowest BCUT2D eigenvalue weighted by Crippen LogP contribution is -2.29. The first kappa shape index (κ1) is 12.7. The van der Waals surface area contributed by atoms with Crippen molar-refractivity contribution < 1.29 is 4.74 Å². The highest BCUT2D eigenvalue weighted by atomic mass is 35.5. The minimum absolute atomic E-state index is 0.319. The van der Waals surface area contributed by atoms with Crippen molar-refractivity contribution in [2.24, 2.45) is 11.8 Å².